The normalized spacial score (nSPS) is 10.9. The maximum Gasteiger partial charge on any atom is 0.141 e. The lowest BCUT2D eigenvalue weighted by molar-refractivity contribution is 0.300. The third-order valence-electron chi connectivity index (χ3n) is 4.88. The van der Waals surface area contributed by atoms with E-state index < -0.39 is 0 Å². The summed E-state index contributed by atoms with van der Waals surface area (Å²) < 4.78 is 13.5. The van der Waals surface area contributed by atoms with E-state index in [1.54, 1.807) is 7.11 Å². The molecule has 0 bridgehead atoms. The number of benzene rings is 3. The van der Waals surface area contributed by atoms with E-state index in [-0.39, 0.29) is 0 Å². The standard InChI is InChI=1S/C24H24N2O2/c1-18-9-3-4-12-21(18)24-25-22-13-5-6-14-23(22)26(24)15-8-16-28-20-11-7-10-19(17-20)27-2/h3-7,9-14,17H,8,15-16H2,1-2H3. The zero-order valence-corrected chi connectivity index (χ0v) is 16.3. The maximum absolute atomic E-state index is 5.91. The maximum atomic E-state index is 5.91. The number of para-hydroxylation sites is 2. The highest BCUT2D eigenvalue weighted by atomic mass is 16.5. The van der Waals surface area contributed by atoms with Crippen LogP contribution in [0.4, 0.5) is 0 Å². The van der Waals surface area contributed by atoms with Crippen molar-refractivity contribution >= 4 is 11.0 Å². The third kappa shape index (κ3) is 3.72. The van der Waals surface area contributed by atoms with Gasteiger partial charge in [-0.05, 0) is 43.2 Å². The first-order valence-electron chi connectivity index (χ1n) is 9.54. The van der Waals surface area contributed by atoms with Crippen molar-refractivity contribution in [3.63, 3.8) is 0 Å². The Balaban J connectivity index is 1.54. The summed E-state index contributed by atoms with van der Waals surface area (Å²) in [6.45, 7) is 3.60. The molecule has 4 nitrogen and oxygen atoms in total. The molecule has 4 aromatic rings. The number of aryl methyl sites for hydroxylation is 2. The summed E-state index contributed by atoms with van der Waals surface area (Å²) in [5.41, 5.74) is 4.58. The van der Waals surface area contributed by atoms with Gasteiger partial charge in [0.15, 0.2) is 0 Å². The van der Waals surface area contributed by atoms with Gasteiger partial charge in [-0.2, -0.15) is 0 Å². The highest BCUT2D eigenvalue weighted by Crippen LogP contribution is 2.27. The molecule has 0 radical (unpaired) electrons. The SMILES string of the molecule is COc1cccc(OCCCn2c(-c3ccccc3C)nc3ccccc32)c1. The number of aromatic nitrogens is 2. The van der Waals surface area contributed by atoms with Gasteiger partial charge < -0.3 is 14.0 Å². The van der Waals surface area contributed by atoms with Crippen molar-refractivity contribution in [3.8, 4) is 22.9 Å². The van der Waals surface area contributed by atoms with Gasteiger partial charge in [0.05, 0.1) is 24.8 Å². The molecule has 0 amide bonds. The molecule has 1 aromatic heterocycles. The molecule has 0 atom stereocenters. The molecular weight excluding hydrogens is 348 g/mol. The first kappa shape index (κ1) is 18.1. The minimum Gasteiger partial charge on any atom is -0.497 e. The van der Waals surface area contributed by atoms with Gasteiger partial charge in [0.25, 0.3) is 0 Å². The van der Waals surface area contributed by atoms with E-state index in [9.17, 15) is 0 Å². The smallest absolute Gasteiger partial charge is 0.141 e. The predicted molar refractivity (Wildman–Crippen MR) is 113 cm³/mol. The molecular formula is C24H24N2O2. The number of imidazole rings is 1. The molecule has 0 aliphatic carbocycles. The van der Waals surface area contributed by atoms with Crippen molar-refractivity contribution in [1.82, 2.24) is 9.55 Å². The first-order valence-corrected chi connectivity index (χ1v) is 9.54. The molecule has 0 N–H and O–H groups in total. The quantitative estimate of drug-likeness (QED) is 0.403. The molecule has 0 aliphatic heterocycles. The average Bonchev–Trinajstić information content (AvgIpc) is 3.10. The summed E-state index contributed by atoms with van der Waals surface area (Å²) in [5.74, 6) is 2.65. The lowest BCUT2D eigenvalue weighted by Gasteiger charge is -2.12. The fourth-order valence-electron chi connectivity index (χ4n) is 3.43. The van der Waals surface area contributed by atoms with E-state index >= 15 is 0 Å². The second kappa shape index (κ2) is 8.17. The molecule has 4 heteroatoms. The Labute approximate surface area is 165 Å². The van der Waals surface area contributed by atoms with Crippen molar-refractivity contribution in [1.29, 1.82) is 0 Å². The van der Waals surface area contributed by atoms with Crippen LogP contribution in [0.5, 0.6) is 11.5 Å². The van der Waals surface area contributed by atoms with Crippen LogP contribution in [0.3, 0.4) is 0 Å². The van der Waals surface area contributed by atoms with E-state index in [1.165, 1.54) is 11.1 Å². The molecule has 4 rings (SSSR count). The van der Waals surface area contributed by atoms with Crippen LogP contribution in [-0.2, 0) is 6.54 Å². The Hall–Kier alpha value is -3.27. The molecule has 0 aliphatic rings. The van der Waals surface area contributed by atoms with Crippen LogP contribution in [0.1, 0.15) is 12.0 Å². The van der Waals surface area contributed by atoms with Crippen molar-refractivity contribution in [3.05, 3.63) is 78.4 Å². The van der Waals surface area contributed by atoms with Crippen LogP contribution in [0.25, 0.3) is 22.4 Å². The number of hydrogen-bond donors (Lipinski definition) is 0. The number of nitrogens with zero attached hydrogens (tertiary/aromatic N) is 2. The Bertz CT molecular complexity index is 1080. The topological polar surface area (TPSA) is 36.3 Å². The molecule has 28 heavy (non-hydrogen) atoms. The third-order valence-corrected chi connectivity index (χ3v) is 4.88. The summed E-state index contributed by atoms with van der Waals surface area (Å²) in [4.78, 5) is 4.91. The summed E-state index contributed by atoms with van der Waals surface area (Å²) in [7, 11) is 1.66. The minimum absolute atomic E-state index is 0.632. The van der Waals surface area contributed by atoms with Gasteiger partial charge in [0, 0.05) is 18.2 Å². The zero-order valence-electron chi connectivity index (χ0n) is 16.3. The lowest BCUT2D eigenvalue weighted by Crippen LogP contribution is -2.06. The van der Waals surface area contributed by atoms with Gasteiger partial charge in [-0.15, -0.1) is 0 Å². The van der Waals surface area contributed by atoms with Gasteiger partial charge >= 0.3 is 0 Å². The fraction of sp³-hybridized carbons (Fsp3) is 0.208. The zero-order chi connectivity index (χ0) is 19.3. The van der Waals surface area contributed by atoms with Crippen LogP contribution in [0.2, 0.25) is 0 Å². The first-order chi connectivity index (χ1) is 13.8. The van der Waals surface area contributed by atoms with E-state index in [0.29, 0.717) is 6.61 Å². The second-order valence-corrected chi connectivity index (χ2v) is 6.77. The van der Waals surface area contributed by atoms with Crippen LogP contribution in [0.15, 0.2) is 72.8 Å². The Morgan fingerprint density at radius 2 is 1.68 bits per heavy atom. The highest BCUT2D eigenvalue weighted by Gasteiger charge is 2.13. The van der Waals surface area contributed by atoms with Crippen LogP contribution in [0, 0.1) is 6.92 Å². The van der Waals surface area contributed by atoms with E-state index in [4.69, 9.17) is 14.5 Å². The molecule has 3 aromatic carbocycles. The largest absolute Gasteiger partial charge is 0.497 e. The number of hydrogen-bond acceptors (Lipinski definition) is 3. The predicted octanol–water partition coefficient (Wildman–Crippen LogP) is 5.49. The van der Waals surface area contributed by atoms with E-state index in [0.717, 1.165) is 41.3 Å². The van der Waals surface area contributed by atoms with Crippen LogP contribution < -0.4 is 9.47 Å². The lowest BCUT2D eigenvalue weighted by atomic mass is 10.1. The number of methoxy groups -OCH3 is 1. The number of ether oxygens (including phenoxy) is 2. The summed E-state index contributed by atoms with van der Waals surface area (Å²) >= 11 is 0. The Kier molecular flexibility index (Phi) is 5.29. The van der Waals surface area contributed by atoms with Crippen molar-refractivity contribution in [2.75, 3.05) is 13.7 Å². The minimum atomic E-state index is 0.632. The number of fused-ring (bicyclic) bond motifs is 1. The molecule has 0 spiro atoms. The van der Waals surface area contributed by atoms with Crippen LogP contribution >= 0.6 is 0 Å². The van der Waals surface area contributed by atoms with E-state index in [2.05, 4.69) is 54.0 Å². The average molecular weight is 372 g/mol. The summed E-state index contributed by atoms with van der Waals surface area (Å²) in [6, 6.07) is 24.4. The Morgan fingerprint density at radius 1 is 0.893 bits per heavy atom. The molecule has 0 unspecified atom stereocenters. The molecule has 142 valence electrons. The van der Waals surface area contributed by atoms with Gasteiger partial charge in [-0.1, -0.05) is 42.5 Å². The Morgan fingerprint density at radius 3 is 2.54 bits per heavy atom. The highest BCUT2D eigenvalue weighted by molar-refractivity contribution is 5.81. The van der Waals surface area contributed by atoms with Crippen molar-refractivity contribution in [2.45, 2.75) is 19.9 Å². The fourth-order valence-corrected chi connectivity index (χ4v) is 3.43. The van der Waals surface area contributed by atoms with E-state index in [1.807, 2.05) is 30.3 Å². The number of rotatable bonds is 7. The molecule has 1 heterocycles. The van der Waals surface area contributed by atoms with Gasteiger partial charge in [0.1, 0.15) is 17.3 Å². The molecule has 0 saturated carbocycles. The van der Waals surface area contributed by atoms with Crippen LogP contribution in [-0.4, -0.2) is 23.3 Å². The summed E-state index contributed by atoms with van der Waals surface area (Å²) in [6.07, 6.45) is 0.885. The summed E-state index contributed by atoms with van der Waals surface area (Å²) in [5, 5.41) is 0. The van der Waals surface area contributed by atoms with Gasteiger partial charge in [-0.25, -0.2) is 4.98 Å². The second-order valence-electron chi connectivity index (χ2n) is 6.77. The molecule has 0 fully saturated rings. The molecule has 0 saturated heterocycles. The monoisotopic (exact) mass is 372 g/mol. The van der Waals surface area contributed by atoms with Crippen molar-refractivity contribution in [2.24, 2.45) is 0 Å². The van der Waals surface area contributed by atoms with Gasteiger partial charge in [0.2, 0.25) is 0 Å². The van der Waals surface area contributed by atoms with Gasteiger partial charge in [-0.3, -0.25) is 0 Å². The van der Waals surface area contributed by atoms with Crippen molar-refractivity contribution < 1.29 is 9.47 Å².